The highest BCUT2D eigenvalue weighted by Gasteiger charge is 2.04. The molecule has 0 radical (unpaired) electrons. The highest BCUT2D eigenvalue weighted by Crippen LogP contribution is 2.19. The average molecular weight is 318 g/mol. The van der Waals surface area contributed by atoms with E-state index in [0.717, 1.165) is 16.7 Å². The summed E-state index contributed by atoms with van der Waals surface area (Å²) in [4.78, 5) is 4.33. The molecule has 0 aliphatic carbocycles. The first-order valence-corrected chi connectivity index (χ1v) is 7.69. The van der Waals surface area contributed by atoms with Crippen LogP contribution < -0.4 is 10.7 Å². The highest BCUT2D eigenvalue weighted by atomic mass is 32.1. The van der Waals surface area contributed by atoms with Gasteiger partial charge in [-0.1, -0.05) is 42.5 Å². The van der Waals surface area contributed by atoms with Gasteiger partial charge in [0, 0.05) is 5.69 Å². The van der Waals surface area contributed by atoms with Crippen LogP contribution in [0.3, 0.4) is 0 Å². The van der Waals surface area contributed by atoms with Crippen LogP contribution in [-0.2, 0) is 0 Å². The first-order chi connectivity index (χ1) is 11.3. The number of rotatable bonds is 2. The van der Waals surface area contributed by atoms with E-state index in [1.165, 1.54) is 10.8 Å². The minimum absolute atomic E-state index is 0.517. The molecule has 1 heterocycles. The third-order valence-electron chi connectivity index (χ3n) is 3.68. The van der Waals surface area contributed by atoms with E-state index >= 15 is 0 Å². The van der Waals surface area contributed by atoms with Crippen molar-refractivity contribution in [2.45, 2.75) is 0 Å². The fraction of sp³-hybridized carbons (Fsp3) is 0. The van der Waals surface area contributed by atoms with Gasteiger partial charge in [0.15, 0.2) is 5.11 Å². The van der Waals surface area contributed by atoms with E-state index in [0.29, 0.717) is 5.11 Å². The summed E-state index contributed by atoms with van der Waals surface area (Å²) in [6, 6.07) is 22.3. The Morgan fingerprint density at radius 1 is 0.913 bits per heavy atom. The van der Waals surface area contributed by atoms with E-state index in [-0.39, 0.29) is 0 Å². The van der Waals surface area contributed by atoms with Crippen LogP contribution in [0.5, 0.6) is 0 Å². The van der Waals surface area contributed by atoms with Gasteiger partial charge >= 0.3 is 0 Å². The van der Waals surface area contributed by atoms with Crippen molar-refractivity contribution in [3.8, 4) is 0 Å². The predicted octanol–water partition coefficient (Wildman–Crippen LogP) is 4.13. The maximum atomic E-state index is 5.40. The van der Waals surface area contributed by atoms with E-state index in [2.05, 4.69) is 40.0 Å². The summed E-state index contributed by atoms with van der Waals surface area (Å²) < 4.78 is 1.81. The smallest absolute Gasteiger partial charge is 0.190 e. The highest BCUT2D eigenvalue weighted by molar-refractivity contribution is 7.80. The molecule has 5 heteroatoms. The summed E-state index contributed by atoms with van der Waals surface area (Å²) in [5, 5.41) is 6.11. The molecule has 0 aliphatic heterocycles. The molecule has 112 valence electrons. The molecule has 4 aromatic rings. The molecule has 1 aromatic heterocycles. The van der Waals surface area contributed by atoms with Gasteiger partial charge in [0.05, 0.1) is 11.0 Å². The SMILES string of the molecule is S=C(Nc1ccc2ccccc2c1)Nn1cnc2ccccc21. The van der Waals surface area contributed by atoms with Gasteiger partial charge in [0.25, 0.3) is 0 Å². The molecule has 0 amide bonds. The Balaban J connectivity index is 1.55. The summed E-state index contributed by atoms with van der Waals surface area (Å²) in [7, 11) is 0. The zero-order chi connectivity index (χ0) is 15.6. The molecule has 3 aromatic carbocycles. The number of fused-ring (bicyclic) bond motifs is 2. The van der Waals surface area contributed by atoms with E-state index in [1.54, 1.807) is 6.33 Å². The van der Waals surface area contributed by atoms with Gasteiger partial charge in [-0.3, -0.25) is 5.43 Å². The molecule has 0 saturated carbocycles. The lowest BCUT2D eigenvalue weighted by Crippen LogP contribution is -2.26. The lowest BCUT2D eigenvalue weighted by atomic mass is 10.1. The summed E-state index contributed by atoms with van der Waals surface area (Å²) >= 11 is 5.40. The van der Waals surface area contributed by atoms with Crippen molar-refractivity contribution in [1.82, 2.24) is 9.66 Å². The quantitative estimate of drug-likeness (QED) is 0.545. The number of hydrogen-bond acceptors (Lipinski definition) is 2. The summed E-state index contributed by atoms with van der Waals surface area (Å²) in [6.07, 6.45) is 1.72. The molecule has 0 saturated heterocycles. The normalized spacial score (nSPS) is 10.8. The van der Waals surface area contributed by atoms with Gasteiger partial charge in [-0.2, -0.15) is 0 Å². The van der Waals surface area contributed by atoms with Crippen LogP contribution >= 0.6 is 12.2 Å². The van der Waals surface area contributed by atoms with Crippen LogP contribution in [0.1, 0.15) is 0 Å². The number of imidazole rings is 1. The average Bonchev–Trinajstić information content (AvgIpc) is 2.98. The van der Waals surface area contributed by atoms with Crippen molar-refractivity contribution in [2.75, 3.05) is 10.7 Å². The topological polar surface area (TPSA) is 41.9 Å². The summed E-state index contributed by atoms with van der Waals surface area (Å²) in [6.45, 7) is 0. The maximum Gasteiger partial charge on any atom is 0.190 e. The molecule has 0 unspecified atom stereocenters. The molecule has 0 bridgehead atoms. The molecule has 0 atom stereocenters. The maximum absolute atomic E-state index is 5.40. The largest absolute Gasteiger partial charge is 0.331 e. The standard InChI is InChI=1S/C18H14N4S/c23-18(21-22-12-19-16-7-3-4-8-17(16)22)20-15-10-9-13-5-1-2-6-14(13)11-15/h1-12H,(H2,20,21,23). The van der Waals surface area contributed by atoms with E-state index < -0.39 is 0 Å². The summed E-state index contributed by atoms with van der Waals surface area (Å²) in [5.41, 5.74) is 5.99. The van der Waals surface area contributed by atoms with Crippen LogP contribution in [0.15, 0.2) is 73.1 Å². The van der Waals surface area contributed by atoms with Gasteiger partial charge in [-0.15, -0.1) is 0 Å². The molecular formula is C18H14N4S. The first kappa shape index (κ1) is 13.7. The van der Waals surface area contributed by atoms with Crippen LogP contribution in [0.4, 0.5) is 5.69 Å². The van der Waals surface area contributed by atoms with Gasteiger partial charge in [0.2, 0.25) is 0 Å². The number of nitrogens with one attached hydrogen (secondary N) is 2. The van der Waals surface area contributed by atoms with Gasteiger partial charge in [-0.25, -0.2) is 9.66 Å². The number of hydrogen-bond donors (Lipinski definition) is 2. The fourth-order valence-electron chi connectivity index (χ4n) is 2.58. The predicted molar refractivity (Wildman–Crippen MR) is 99.3 cm³/mol. The van der Waals surface area contributed by atoms with E-state index in [4.69, 9.17) is 12.2 Å². The summed E-state index contributed by atoms with van der Waals surface area (Å²) in [5.74, 6) is 0. The number of thiocarbonyl (C=S) groups is 1. The fourth-order valence-corrected chi connectivity index (χ4v) is 2.80. The second kappa shape index (κ2) is 5.70. The zero-order valence-corrected chi connectivity index (χ0v) is 13.0. The molecule has 23 heavy (non-hydrogen) atoms. The second-order valence-corrected chi connectivity index (χ2v) is 5.64. The van der Waals surface area contributed by atoms with Crippen molar-refractivity contribution in [3.63, 3.8) is 0 Å². The number of nitrogens with zero attached hydrogens (tertiary/aromatic N) is 2. The van der Waals surface area contributed by atoms with Crippen molar-refractivity contribution in [3.05, 3.63) is 73.1 Å². The molecular weight excluding hydrogens is 304 g/mol. The third kappa shape index (κ3) is 2.74. The van der Waals surface area contributed by atoms with Crippen molar-refractivity contribution in [2.24, 2.45) is 0 Å². The zero-order valence-electron chi connectivity index (χ0n) is 12.2. The lowest BCUT2D eigenvalue weighted by Gasteiger charge is -2.12. The first-order valence-electron chi connectivity index (χ1n) is 7.28. The second-order valence-electron chi connectivity index (χ2n) is 5.23. The number of para-hydroxylation sites is 2. The molecule has 2 N–H and O–H groups in total. The Labute approximate surface area is 138 Å². The van der Waals surface area contributed by atoms with Crippen molar-refractivity contribution >= 4 is 44.8 Å². The lowest BCUT2D eigenvalue weighted by molar-refractivity contribution is 1.01. The van der Waals surface area contributed by atoms with Crippen LogP contribution in [0, 0.1) is 0 Å². The van der Waals surface area contributed by atoms with Crippen molar-refractivity contribution in [1.29, 1.82) is 0 Å². The monoisotopic (exact) mass is 318 g/mol. The number of benzene rings is 3. The van der Waals surface area contributed by atoms with Gasteiger partial charge in [-0.05, 0) is 47.3 Å². The van der Waals surface area contributed by atoms with E-state index in [9.17, 15) is 0 Å². The number of aromatic nitrogens is 2. The van der Waals surface area contributed by atoms with Crippen LogP contribution in [0.2, 0.25) is 0 Å². The number of anilines is 1. The Morgan fingerprint density at radius 3 is 2.61 bits per heavy atom. The van der Waals surface area contributed by atoms with Crippen LogP contribution in [0.25, 0.3) is 21.8 Å². The molecule has 0 fully saturated rings. The molecule has 0 spiro atoms. The molecule has 4 rings (SSSR count). The van der Waals surface area contributed by atoms with Gasteiger partial charge < -0.3 is 5.32 Å². The Morgan fingerprint density at radius 2 is 1.70 bits per heavy atom. The minimum Gasteiger partial charge on any atom is -0.331 e. The minimum atomic E-state index is 0.517. The Bertz CT molecular complexity index is 1010. The van der Waals surface area contributed by atoms with Crippen molar-refractivity contribution < 1.29 is 0 Å². The Kier molecular flexibility index (Phi) is 3.40. The van der Waals surface area contributed by atoms with Crippen LogP contribution in [-0.4, -0.2) is 14.8 Å². The third-order valence-corrected chi connectivity index (χ3v) is 3.88. The van der Waals surface area contributed by atoms with Gasteiger partial charge in [0.1, 0.15) is 6.33 Å². The van der Waals surface area contributed by atoms with E-state index in [1.807, 2.05) is 47.1 Å². The molecule has 0 aliphatic rings. The molecule has 4 nitrogen and oxygen atoms in total. The Hall–Kier alpha value is -2.92.